The molecule has 0 aromatic carbocycles. The van der Waals surface area contributed by atoms with Crippen LogP contribution in [0.4, 0.5) is 0 Å². The Labute approximate surface area is 89.1 Å². The molecule has 0 bridgehead atoms. The first kappa shape index (κ1) is 12.0. The molecule has 0 saturated heterocycles. The monoisotopic (exact) mass is 198 g/mol. The zero-order valence-electron chi connectivity index (χ0n) is 10.4. The van der Waals surface area contributed by atoms with Crippen molar-refractivity contribution in [3.63, 3.8) is 0 Å². The molecule has 4 unspecified atom stereocenters. The molecule has 0 spiro atoms. The van der Waals surface area contributed by atoms with Gasteiger partial charge in [0.25, 0.3) is 0 Å². The second-order valence-corrected chi connectivity index (χ2v) is 5.19. The first-order valence-corrected chi connectivity index (χ1v) is 5.91. The van der Waals surface area contributed by atoms with E-state index >= 15 is 0 Å². The molecule has 1 aliphatic rings. The summed E-state index contributed by atoms with van der Waals surface area (Å²) in [6.07, 6.45) is 1.44. The predicted molar refractivity (Wildman–Crippen MR) is 62.5 cm³/mol. The van der Waals surface area contributed by atoms with E-state index in [0.717, 1.165) is 24.3 Å². The van der Waals surface area contributed by atoms with E-state index in [4.69, 9.17) is 0 Å². The Morgan fingerprint density at radius 1 is 1.43 bits per heavy atom. The first-order valence-electron chi connectivity index (χ1n) is 5.91. The Kier molecular flexibility index (Phi) is 4.39. The zero-order chi connectivity index (χ0) is 10.7. The van der Waals surface area contributed by atoms with Crippen LogP contribution in [0.2, 0.25) is 0 Å². The van der Waals surface area contributed by atoms with Gasteiger partial charge in [0.15, 0.2) is 0 Å². The lowest BCUT2D eigenvalue weighted by molar-refractivity contribution is 0.188. The van der Waals surface area contributed by atoms with Crippen molar-refractivity contribution in [3.05, 3.63) is 0 Å². The van der Waals surface area contributed by atoms with Gasteiger partial charge in [0.2, 0.25) is 0 Å². The fourth-order valence-corrected chi connectivity index (χ4v) is 2.12. The summed E-state index contributed by atoms with van der Waals surface area (Å²) in [5.74, 6) is 2.69. The van der Waals surface area contributed by atoms with Crippen LogP contribution in [0.1, 0.15) is 27.2 Å². The molecule has 84 valence electrons. The minimum absolute atomic E-state index is 0.690. The first-order chi connectivity index (χ1) is 6.56. The van der Waals surface area contributed by atoms with Crippen LogP contribution in [0.25, 0.3) is 0 Å². The molecule has 0 aromatic heterocycles. The quantitative estimate of drug-likeness (QED) is 0.700. The van der Waals surface area contributed by atoms with Crippen LogP contribution in [0, 0.1) is 17.8 Å². The van der Waals surface area contributed by atoms with E-state index < -0.39 is 0 Å². The van der Waals surface area contributed by atoms with Gasteiger partial charge in [-0.1, -0.05) is 13.8 Å². The summed E-state index contributed by atoms with van der Waals surface area (Å²) >= 11 is 0. The van der Waals surface area contributed by atoms with Gasteiger partial charge in [-0.25, -0.2) is 0 Å². The molecular weight excluding hydrogens is 172 g/mol. The normalized spacial score (nSPS) is 30.4. The van der Waals surface area contributed by atoms with E-state index in [1.807, 2.05) is 7.05 Å². The average Bonchev–Trinajstić information content (AvgIpc) is 2.80. The summed E-state index contributed by atoms with van der Waals surface area (Å²) in [7, 11) is 4.30. The van der Waals surface area contributed by atoms with Crippen LogP contribution in [0.3, 0.4) is 0 Å². The van der Waals surface area contributed by atoms with Gasteiger partial charge in [-0.15, -0.1) is 0 Å². The summed E-state index contributed by atoms with van der Waals surface area (Å²) < 4.78 is 0. The highest BCUT2D eigenvalue weighted by atomic mass is 15.1. The maximum atomic E-state index is 3.25. The van der Waals surface area contributed by atoms with Crippen molar-refractivity contribution in [3.8, 4) is 0 Å². The van der Waals surface area contributed by atoms with Crippen molar-refractivity contribution >= 4 is 0 Å². The van der Waals surface area contributed by atoms with Crippen LogP contribution >= 0.6 is 0 Å². The molecule has 0 amide bonds. The van der Waals surface area contributed by atoms with Crippen LogP contribution in [0.15, 0.2) is 0 Å². The van der Waals surface area contributed by atoms with Gasteiger partial charge < -0.3 is 10.2 Å². The van der Waals surface area contributed by atoms with E-state index in [-0.39, 0.29) is 0 Å². The third-order valence-electron chi connectivity index (χ3n) is 3.84. The van der Waals surface area contributed by atoms with Gasteiger partial charge in [0.05, 0.1) is 0 Å². The van der Waals surface area contributed by atoms with Crippen molar-refractivity contribution in [2.75, 3.05) is 27.2 Å². The lowest BCUT2D eigenvalue weighted by Crippen LogP contribution is -2.39. The molecule has 2 nitrogen and oxygen atoms in total. The number of hydrogen-bond donors (Lipinski definition) is 1. The van der Waals surface area contributed by atoms with E-state index in [9.17, 15) is 0 Å². The Morgan fingerprint density at radius 2 is 2.00 bits per heavy atom. The van der Waals surface area contributed by atoms with Gasteiger partial charge in [0, 0.05) is 12.6 Å². The third kappa shape index (κ3) is 3.25. The van der Waals surface area contributed by atoms with Gasteiger partial charge >= 0.3 is 0 Å². The van der Waals surface area contributed by atoms with Crippen molar-refractivity contribution in [2.24, 2.45) is 17.8 Å². The lowest BCUT2D eigenvalue weighted by atomic mass is 10.0. The van der Waals surface area contributed by atoms with Crippen LogP contribution < -0.4 is 5.32 Å². The standard InChI is InChI=1S/C12H26N2/c1-9-6-12(9)8-14(5)11(3)10(2)7-13-4/h9-13H,6-8H2,1-5H3. The minimum atomic E-state index is 0.690. The van der Waals surface area contributed by atoms with E-state index in [1.165, 1.54) is 13.0 Å². The maximum absolute atomic E-state index is 3.25. The summed E-state index contributed by atoms with van der Waals surface area (Å²) in [4.78, 5) is 2.52. The van der Waals surface area contributed by atoms with Crippen molar-refractivity contribution in [1.29, 1.82) is 0 Å². The Morgan fingerprint density at radius 3 is 2.43 bits per heavy atom. The Balaban J connectivity index is 2.24. The maximum Gasteiger partial charge on any atom is 0.0102 e. The third-order valence-corrected chi connectivity index (χ3v) is 3.84. The molecule has 14 heavy (non-hydrogen) atoms. The number of rotatable bonds is 6. The molecule has 1 fully saturated rings. The van der Waals surface area contributed by atoms with E-state index in [2.05, 4.69) is 38.0 Å². The fourth-order valence-electron chi connectivity index (χ4n) is 2.12. The van der Waals surface area contributed by atoms with Crippen LogP contribution in [-0.4, -0.2) is 38.1 Å². The highest BCUT2D eigenvalue weighted by Crippen LogP contribution is 2.38. The van der Waals surface area contributed by atoms with E-state index in [1.54, 1.807) is 0 Å². The summed E-state index contributed by atoms with van der Waals surface area (Å²) in [6, 6.07) is 0.690. The topological polar surface area (TPSA) is 15.3 Å². The molecule has 0 radical (unpaired) electrons. The smallest absolute Gasteiger partial charge is 0.0102 e. The van der Waals surface area contributed by atoms with E-state index in [0.29, 0.717) is 6.04 Å². The Hall–Kier alpha value is -0.0800. The van der Waals surface area contributed by atoms with Crippen molar-refractivity contribution < 1.29 is 0 Å². The highest BCUT2D eigenvalue weighted by molar-refractivity contribution is 4.86. The van der Waals surface area contributed by atoms with Crippen LogP contribution in [-0.2, 0) is 0 Å². The molecule has 1 aliphatic carbocycles. The SMILES string of the molecule is CNCC(C)C(C)N(C)CC1CC1C. The second kappa shape index (κ2) is 5.13. The number of hydrogen-bond acceptors (Lipinski definition) is 2. The molecular formula is C12H26N2. The number of nitrogens with zero attached hydrogens (tertiary/aromatic N) is 1. The molecule has 1 N–H and O–H groups in total. The fraction of sp³-hybridized carbons (Fsp3) is 1.00. The lowest BCUT2D eigenvalue weighted by Gasteiger charge is -2.29. The predicted octanol–water partition coefficient (Wildman–Crippen LogP) is 1.82. The number of nitrogens with one attached hydrogen (secondary N) is 1. The van der Waals surface area contributed by atoms with Gasteiger partial charge in [-0.3, -0.25) is 0 Å². The zero-order valence-corrected chi connectivity index (χ0v) is 10.4. The van der Waals surface area contributed by atoms with Gasteiger partial charge in [0.1, 0.15) is 0 Å². The van der Waals surface area contributed by atoms with Gasteiger partial charge in [-0.2, -0.15) is 0 Å². The molecule has 1 saturated carbocycles. The molecule has 0 aliphatic heterocycles. The molecule has 2 heteroatoms. The van der Waals surface area contributed by atoms with Crippen molar-refractivity contribution in [1.82, 2.24) is 10.2 Å². The molecule has 1 rings (SSSR count). The molecule has 4 atom stereocenters. The summed E-state index contributed by atoms with van der Waals surface area (Å²) in [6.45, 7) is 9.44. The minimum Gasteiger partial charge on any atom is -0.319 e. The summed E-state index contributed by atoms with van der Waals surface area (Å²) in [5.41, 5.74) is 0. The Bertz CT molecular complexity index is 170. The largest absolute Gasteiger partial charge is 0.319 e. The second-order valence-electron chi connectivity index (χ2n) is 5.19. The molecule has 0 heterocycles. The van der Waals surface area contributed by atoms with Crippen molar-refractivity contribution in [2.45, 2.75) is 33.2 Å². The van der Waals surface area contributed by atoms with Crippen LogP contribution in [0.5, 0.6) is 0 Å². The molecule has 0 aromatic rings. The average molecular weight is 198 g/mol. The summed E-state index contributed by atoms with van der Waals surface area (Å²) in [5, 5.41) is 3.25. The highest BCUT2D eigenvalue weighted by Gasteiger charge is 2.34. The van der Waals surface area contributed by atoms with Gasteiger partial charge in [-0.05, 0) is 51.7 Å².